The standard InChI is InChI=1S/C10H15NO2S/c1-10(2,14-3)7-11-6-4-5-8(11)9(12)13/h4-6H,7H2,1-3H3,(H,12,13). The minimum absolute atomic E-state index is 0.0588. The van der Waals surface area contributed by atoms with Crippen LogP contribution in [0.4, 0.5) is 0 Å². The smallest absolute Gasteiger partial charge is 0.352 e. The molecule has 14 heavy (non-hydrogen) atoms. The molecule has 0 saturated heterocycles. The highest BCUT2D eigenvalue weighted by molar-refractivity contribution is 7.99. The number of aromatic carboxylic acids is 1. The largest absolute Gasteiger partial charge is 0.477 e. The highest BCUT2D eigenvalue weighted by Crippen LogP contribution is 2.24. The van der Waals surface area contributed by atoms with Gasteiger partial charge in [-0.3, -0.25) is 0 Å². The van der Waals surface area contributed by atoms with Crippen molar-refractivity contribution in [2.45, 2.75) is 25.1 Å². The summed E-state index contributed by atoms with van der Waals surface area (Å²) in [6.45, 7) is 4.91. The number of carboxylic acids is 1. The summed E-state index contributed by atoms with van der Waals surface area (Å²) in [5.74, 6) is -0.869. The summed E-state index contributed by atoms with van der Waals surface area (Å²) in [6, 6.07) is 3.39. The molecular formula is C10H15NO2S. The van der Waals surface area contributed by atoms with Gasteiger partial charge in [0.1, 0.15) is 5.69 Å². The van der Waals surface area contributed by atoms with E-state index in [0.29, 0.717) is 12.2 Å². The first kappa shape index (κ1) is 11.2. The molecule has 1 aromatic heterocycles. The third-order valence-corrected chi connectivity index (χ3v) is 3.39. The van der Waals surface area contributed by atoms with E-state index < -0.39 is 5.97 Å². The number of carboxylic acid groups (broad SMARTS) is 1. The first-order valence-electron chi connectivity index (χ1n) is 4.40. The van der Waals surface area contributed by atoms with E-state index in [1.807, 2.05) is 6.26 Å². The molecule has 0 aliphatic carbocycles. The average molecular weight is 213 g/mol. The maximum atomic E-state index is 10.8. The van der Waals surface area contributed by atoms with E-state index in [4.69, 9.17) is 5.11 Å². The third kappa shape index (κ3) is 2.54. The van der Waals surface area contributed by atoms with Gasteiger partial charge < -0.3 is 9.67 Å². The van der Waals surface area contributed by atoms with Gasteiger partial charge in [0.05, 0.1) is 0 Å². The van der Waals surface area contributed by atoms with Crippen LogP contribution in [0.1, 0.15) is 24.3 Å². The van der Waals surface area contributed by atoms with Crippen LogP contribution in [0.2, 0.25) is 0 Å². The second-order valence-corrected chi connectivity index (χ2v) is 5.30. The average Bonchev–Trinajstić information content (AvgIpc) is 2.51. The van der Waals surface area contributed by atoms with Crippen LogP contribution in [0, 0.1) is 0 Å². The molecular weight excluding hydrogens is 198 g/mol. The van der Waals surface area contributed by atoms with Gasteiger partial charge in [-0.25, -0.2) is 4.79 Å². The van der Waals surface area contributed by atoms with Crippen LogP contribution in [0.5, 0.6) is 0 Å². The maximum Gasteiger partial charge on any atom is 0.352 e. The van der Waals surface area contributed by atoms with Crippen molar-refractivity contribution < 1.29 is 9.90 Å². The molecule has 0 aliphatic rings. The van der Waals surface area contributed by atoms with Crippen LogP contribution in [0.3, 0.4) is 0 Å². The van der Waals surface area contributed by atoms with E-state index >= 15 is 0 Å². The predicted octanol–water partition coefficient (Wildman–Crippen LogP) is 2.33. The SMILES string of the molecule is CSC(C)(C)Cn1cccc1C(=O)O. The lowest BCUT2D eigenvalue weighted by Crippen LogP contribution is -2.24. The Morgan fingerprint density at radius 1 is 1.64 bits per heavy atom. The molecule has 0 fully saturated rings. The lowest BCUT2D eigenvalue weighted by atomic mass is 10.2. The molecule has 4 heteroatoms. The van der Waals surface area contributed by atoms with Crippen molar-refractivity contribution in [2.75, 3.05) is 6.26 Å². The summed E-state index contributed by atoms with van der Waals surface area (Å²) >= 11 is 1.73. The molecule has 3 nitrogen and oxygen atoms in total. The molecule has 0 atom stereocenters. The van der Waals surface area contributed by atoms with E-state index in [1.54, 1.807) is 34.7 Å². The fourth-order valence-electron chi connectivity index (χ4n) is 1.22. The fourth-order valence-corrected chi connectivity index (χ4v) is 1.49. The molecule has 1 aromatic rings. The normalized spacial score (nSPS) is 11.6. The Morgan fingerprint density at radius 3 is 2.79 bits per heavy atom. The van der Waals surface area contributed by atoms with E-state index in [0.717, 1.165) is 0 Å². The quantitative estimate of drug-likeness (QED) is 0.834. The Morgan fingerprint density at radius 2 is 2.29 bits per heavy atom. The van der Waals surface area contributed by atoms with Gasteiger partial charge in [-0.1, -0.05) is 0 Å². The molecule has 0 saturated carbocycles. The van der Waals surface area contributed by atoms with Crippen molar-refractivity contribution in [3.8, 4) is 0 Å². The predicted molar refractivity (Wildman–Crippen MR) is 59.0 cm³/mol. The van der Waals surface area contributed by atoms with E-state index in [-0.39, 0.29) is 4.75 Å². The van der Waals surface area contributed by atoms with Gasteiger partial charge in [0, 0.05) is 17.5 Å². The molecule has 78 valence electrons. The van der Waals surface area contributed by atoms with E-state index in [9.17, 15) is 4.79 Å². The van der Waals surface area contributed by atoms with Crippen LogP contribution in [-0.2, 0) is 6.54 Å². The molecule has 0 spiro atoms. The lowest BCUT2D eigenvalue weighted by Gasteiger charge is -2.23. The van der Waals surface area contributed by atoms with Crippen molar-refractivity contribution in [1.82, 2.24) is 4.57 Å². The number of hydrogen-bond acceptors (Lipinski definition) is 2. The second-order valence-electron chi connectivity index (χ2n) is 3.79. The Kier molecular flexibility index (Phi) is 3.26. The highest BCUT2D eigenvalue weighted by atomic mass is 32.2. The minimum Gasteiger partial charge on any atom is -0.477 e. The Bertz CT molecular complexity index is 331. The molecule has 0 radical (unpaired) electrons. The summed E-state index contributed by atoms with van der Waals surface area (Å²) in [5, 5.41) is 8.90. The number of hydrogen-bond donors (Lipinski definition) is 1. The summed E-state index contributed by atoms with van der Waals surface area (Å²) in [7, 11) is 0. The van der Waals surface area contributed by atoms with Crippen LogP contribution in [-0.4, -0.2) is 26.6 Å². The Hall–Kier alpha value is -0.900. The van der Waals surface area contributed by atoms with Gasteiger partial charge in [0.25, 0.3) is 0 Å². The lowest BCUT2D eigenvalue weighted by molar-refractivity contribution is 0.0684. The molecule has 1 heterocycles. The van der Waals surface area contributed by atoms with Crippen LogP contribution >= 0.6 is 11.8 Å². The molecule has 0 aromatic carbocycles. The van der Waals surface area contributed by atoms with Gasteiger partial charge in [-0.15, -0.1) is 0 Å². The van der Waals surface area contributed by atoms with Gasteiger partial charge in [0.15, 0.2) is 0 Å². The van der Waals surface area contributed by atoms with Gasteiger partial charge in [0.2, 0.25) is 0 Å². The zero-order valence-electron chi connectivity index (χ0n) is 8.65. The number of aromatic nitrogens is 1. The summed E-state index contributed by atoms with van der Waals surface area (Å²) < 4.78 is 1.84. The summed E-state index contributed by atoms with van der Waals surface area (Å²) in [6.07, 6.45) is 3.84. The fraction of sp³-hybridized carbons (Fsp3) is 0.500. The van der Waals surface area contributed by atoms with Gasteiger partial charge >= 0.3 is 5.97 Å². The van der Waals surface area contributed by atoms with Crippen molar-refractivity contribution in [2.24, 2.45) is 0 Å². The zero-order valence-corrected chi connectivity index (χ0v) is 9.47. The third-order valence-electron chi connectivity index (χ3n) is 2.15. The summed E-state index contributed by atoms with van der Waals surface area (Å²) in [4.78, 5) is 10.8. The van der Waals surface area contributed by atoms with Crippen LogP contribution < -0.4 is 0 Å². The maximum absolute atomic E-state index is 10.8. The van der Waals surface area contributed by atoms with Crippen molar-refractivity contribution in [3.63, 3.8) is 0 Å². The van der Waals surface area contributed by atoms with Crippen LogP contribution in [0.25, 0.3) is 0 Å². The van der Waals surface area contributed by atoms with Crippen LogP contribution in [0.15, 0.2) is 18.3 Å². The molecule has 1 rings (SSSR count). The number of thioether (sulfide) groups is 1. The Labute approximate surface area is 88.1 Å². The minimum atomic E-state index is -0.869. The van der Waals surface area contributed by atoms with E-state index in [1.165, 1.54) is 0 Å². The topological polar surface area (TPSA) is 42.2 Å². The summed E-state index contributed by atoms with van der Waals surface area (Å²) in [5.41, 5.74) is 0.354. The van der Waals surface area contributed by atoms with E-state index in [2.05, 4.69) is 13.8 Å². The molecule has 0 unspecified atom stereocenters. The molecule has 1 N–H and O–H groups in total. The second kappa shape index (κ2) is 4.09. The van der Waals surface area contributed by atoms with Gasteiger partial charge in [-0.2, -0.15) is 11.8 Å². The zero-order chi connectivity index (χ0) is 10.8. The number of nitrogens with zero attached hydrogens (tertiary/aromatic N) is 1. The molecule has 0 bridgehead atoms. The van der Waals surface area contributed by atoms with Gasteiger partial charge in [-0.05, 0) is 32.2 Å². The number of carbonyl (C=O) groups is 1. The Balaban J connectivity index is 2.86. The van der Waals surface area contributed by atoms with Crippen molar-refractivity contribution in [3.05, 3.63) is 24.0 Å². The first-order chi connectivity index (χ1) is 6.46. The number of rotatable bonds is 4. The molecule has 0 amide bonds. The highest BCUT2D eigenvalue weighted by Gasteiger charge is 2.19. The first-order valence-corrected chi connectivity index (χ1v) is 5.62. The monoisotopic (exact) mass is 213 g/mol. The van der Waals surface area contributed by atoms with Crippen molar-refractivity contribution in [1.29, 1.82) is 0 Å². The molecule has 0 aliphatic heterocycles. The van der Waals surface area contributed by atoms with Crippen molar-refractivity contribution >= 4 is 17.7 Å².